The highest BCUT2D eigenvalue weighted by molar-refractivity contribution is 5.82. The average Bonchev–Trinajstić information content (AvgIpc) is 2.66. The molecule has 0 aromatic carbocycles. The SMILES string of the molecule is CCCCCCCC(O)CCCCCCC/C=C/[C@H](O)C[C@H]1CC=CC(=O)O1. The van der Waals surface area contributed by atoms with Crippen LogP contribution < -0.4 is 0 Å². The summed E-state index contributed by atoms with van der Waals surface area (Å²) in [6.45, 7) is 2.23. The minimum absolute atomic E-state index is 0.107. The van der Waals surface area contributed by atoms with Gasteiger partial charge in [0, 0.05) is 18.9 Å². The third-order valence-electron chi connectivity index (χ3n) is 5.35. The summed E-state index contributed by atoms with van der Waals surface area (Å²) in [7, 11) is 0. The first kappa shape index (κ1) is 24.9. The molecule has 1 rings (SSSR count). The molecule has 0 fully saturated rings. The minimum atomic E-state index is -0.548. The summed E-state index contributed by atoms with van der Waals surface area (Å²) in [5.74, 6) is -0.313. The van der Waals surface area contributed by atoms with Crippen molar-refractivity contribution >= 4 is 5.97 Å². The van der Waals surface area contributed by atoms with Crippen LogP contribution in [0.1, 0.15) is 103 Å². The standard InChI is InChI=1S/C24H42O4/c1-2-3-4-8-11-15-21(25)16-12-9-6-5-7-10-13-17-22(26)20-23-18-14-19-24(27)28-23/h13-14,17,19,21-23,25-26H,2-12,15-16,18,20H2,1H3/b17-13+/t21?,22-,23+/m0/s1. The van der Waals surface area contributed by atoms with E-state index in [4.69, 9.17) is 4.74 Å². The Morgan fingerprint density at radius 2 is 1.68 bits per heavy atom. The maximum atomic E-state index is 11.2. The number of hydrogen-bond donors (Lipinski definition) is 2. The Morgan fingerprint density at radius 1 is 1.04 bits per heavy atom. The molecule has 0 saturated carbocycles. The number of cyclic esters (lactones) is 1. The summed E-state index contributed by atoms with van der Waals surface area (Å²) >= 11 is 0. The molecule has 0 amide bonds. The lowest BCUT2D eigenvalue weighted by Crippen LogP contribution is -2.24. The highest BCUT2D eigenvalue weighted by atomic mass is 16.5. The van der Waals surface area contributed by atoms with Crippen molar-refractivity contribution in [1.82, 2.24) is 0 Å². The molecule has 1 aliphatic rings. The number of allylic oxidation sites excluding steroid dienone is 1. The normalized spacial score (nSPS) is 19.1. The van der Waals surface area contributed by atoms with Crippen LogP contribution in [0.3, 0.4) is 0 Å². The number of aliphatic hydroxyl groups is 2. The summed E-state index contributed by atoms with van der Waals surface area (Å²) in [4.78, 5) is 11.2. The van der Waals surface area contributed by atoms with Crippen LogP contribution in [-0.2, 0) is 9.53 Å². The largest absolute Gasteiger partial charge is 0.459 e. The maximum Gasteiger partial charge on any atom is 0.330 e. The van der Waals surface area contributed by atoms with Gasteiger partial charge in [0.2, 0.25) is 0 Å². The van der Waals surface area contributed by atoms with E-state index in [9.17, 15) is 15.0 Å². The second-order valence-electron chi connectivity index (χ2n) is 8.13. The molecule has 28 heavy (non-hydrogen) atoms. The molecule has 1 heterocycles. The molecule has 0 bridgehead atoms. The first-order chi connectivity index (χ1) is 13.6. The van der Waals surface area contributed by atoms with E-state index in [1.54, 1.807) is 6.08 Å². The summed E-state index contributed by atoms with van der Waals surface area (Å²) in [5.41, 5.74) is 0. The van der Waals surface area contributed by atoms with Crippen LogP contribution in [0.15, 0.2) is 24.3 Å². The molecule has 162 valence electrons. The van der Waals surface area contributed by atoms with Gasteiger partial charge in [-0.05, 0) is 25.7 Å². The fourth-order valence-corrected chi connectivity index (χ4v) is 3.61. The molecule has 2 N–H and O–H groups in total. The molecule has 1 unspecified atom stereocenters. The van der Waals surface area contributed by atoms with Crippen molar-refractivity contribution in [3.05, 3.63) is 24.3 Å². The van der Waals surface area contributed by atoms with Gasteiger partial charge in [-0.2, -0.15) is 0 Å². The molecule has 0 aromatic rings. The fraction of sp³-hybridized carbons (Fsp3) is 0.792. The maximum absolute atomic E-state index is 11.2. The van der Waals surface area contributed by atoms with Crippen molar-refractivity contribution in [3.8, 4) is 0 Å². The second kappa shape index (κ2) is 16.8. The predicted octanol–water partition coefficient (Wildman–Crippen LogP) is 5.62. The van der Waals surface area contributed by atoms with Gasteiger partial charge in [0.05, 0.1) is 12.2 Å². The molecule has 0 aromatic heterocycles. The Morgan fingerprint density at radius 3 is 2.36 bits per heavy atom. The van der Waals surface area contributed by atoms with Crippen molar-refractivity contribution in [3.63, 3.8) is 0 Å². The Bertz CT molecular complexity index is 444. The van der Waals surface area contributed by atoms with E-state index < -0.39 is 6.10 Å². The van der Waals surface area contributed by atoms with Crippen LogP contribution in [0, 0.1) is 0 Å². The van der Waals surface area contributed by atoms with E-state index in [2.05, 4.69) is 6.92 Å². The average molecular weight is 395 g/mol. The van der Waals surface area contributed by atoms with Crippen molar-refractivity contribution in [2.45, 2.75) is 122 Å². The summed E-state index contributed by atoms with van der Waals surface area (Å²) in [6, 6.07) is 0. The van der Waals surface area contributed by atoms with Gasteiger partial charge in [-0.3, -0.25) is 0 Å². The molecule has 0 spiro atoms. The Balaban J connectivity index is 1.89. The summed E-state index contributed by atoms with van der Waals surface area (Å²) in [5, 5.41) is 20.0. The van der Waals surface area contributed by atoms with Crippen LogP contribution in [0.2, 0.25) is 0 Å². The lowest BCUT2D eigenvalue weighted by molar-refractivity contribution is -0.145. The molecular weight excluding hydrogens is 352 g/mol. The smallest absolute Gasteiger partial charge is 0.330 e. The van der Waals surface area contributed by atoms with Crippen molar-refractivity contribution in [2.75, 3.05) is 0 Å². The molecule has 0 saturated heterocycles. The molecule has 4 nitrogen and oxygen atoms in total. The first-order valence-electron chi connectivity index (χ1n) is 11.5. The zero-order valence-electron chi connectivity index (χ0n) is 17.9. The van der Waals surface area contributed by atoms with E-state index in [1.165, 1.54) is 57.4 Å². The quantitative estimate of drug-likeness (QED) is 0.191. The van der Waals surface area contributed by atoms with Crippen molar-refractivity contribution in [2.24, 2.45) is 0 Å². The van der Waals surface area contributed by atoms with Gasteiger partial charge in [0.15, 0.2) is 0 Å². The lowest BCUT2D eigenvalue weighted by atomic mass is 10.0. The van der Waals surface area contributed by atoms with E-state index in [0.29, 0.717) is 12.8 Å². The van der Waals surface area contributed by atoms with E-state index in [-0.39, 0.29) is 18.2 Å². The first-order valence-corrected chi connectivity index (χ1v) is 11.5. The number of carbonyl (C=O) groups is 1. The van der Waals surface area contributed by atoms with E-state index in [1.807, 2.05) is 12.2 Å². The number of unbranched alkanes of at least 4 members (excludes halogenated alkanes) is 9. The topological polar surface area (TPSA) is 66.8 Å². The van der Waals surface area contributed by atoms with Gasteiger partial charge in [-0.1, -0.05) is 82.9 Å². The van der Waals surface area contributed by atoms with Crippen molar-refractivity contribution < 1.29 is 19.7 Å². The monoisotopic (exact) mass is 394 g/mol. The Labute approximate surface area is 172 Å². The molecule has 0 aliphatic carbocycles. The zero-order valence-corrected chi connectivity index (χ0v) is 17.9. The zero-order chi connectivity index (χ0) is 20.5. The number of hydrogen-bond acceptors (Lipinski definition) is 4. The van der Waals surface area contributed by atoms with Gasteiger partial charge in [-0.15, -0.1) is 0 Å². The number of aliphatic hydroxyl groups excluding tert-OH is 2. The van der Waals surface area contributed by atoms with Crippen LogP contribution in [0.5, 0.6) is 0 Å². The third kappa shape index (κ3) is 14.0. The third-order valence-corrected chi connectivity index (χ3v) is 5.35. The molecule has 4 heteroatoms. The molecular formula is C24H42O4. The van der Waals surface area contributed by atoms with E-state index in [0.717, 1.165) is 32.1 Å². The van der Waals surface area contributed by atoms with Crippen LogP contribution >= 0.6 is 0 Å². The molecule has 1 aliphatic heterocycles. The van der Waals surface area contributed by atoms with Gasteiger partial charge >= 0.3 is 5.97 Å². The fourth-order valence-electron chi connectivity index (χ4n) is 3.61. The van der Waals surface area contributed by atoms with Crippen LogP contribution in [-0.4, -0.2) is 34.5 Å². The number of ether oxygens (including phenoxy) is 1. The lowest BCUT2D eigenvalue weighted by Gasteiger charge is -2.20. The van der Waals surface area contributed by atoms with Crippen LogP contribution in [0.25, 0.3) is 0 Å². The molecule has 0 radical (unpaired) electrons. The number of carbonyl (C=O) groups excluding carboxylic acids is 1. The minimum Gasteiger partial charge on any atom is -0.459 e. The van der Waals surface area contributed by atoms with Crippen molar-refractivity contribution in [1.29, 1.82) is 0 Å². The van der Waals surface area contributed by atoms with Gasteiger partial charge in [-0.25, -0.2) is 4.79 Å². The number of esters is 1. The highest BCUT2D eigenvalue weighted by Gasteiger charge is 2.18. The summed E-state index contributed by atoms with van der Waals surface area (Å²) in [6.07, 6.45) is 22.5. The Hall–Kier alpha value is -1.13. The summed E-state index contributed by atoms with van der Waals surface area (Å²) < 4.78 is 5.16. The van der Waals surface area contributed by atoms with E-state index >= 15 is 0 Å². The number of rotatable bonds is 17. The second-order valence-corrected chi connectivity index (χ2v) is 8.13. The van der Waals surface area contributed by atoms with Gasteiger partial charge < -0.3 is 14.9 Å². The Kier molecular flexibility index (Phi) is 14.9. The predicted molar refractivity (Wildman–Crippen MR) is 115 cm³/mol. The van der Waals surface area contributed by atoms with Gasteiger partial charge in [0.25, 0.3) is 0 Å². The van der Waals surface area contributed by atoms with Crippen LogP contribution in [0.4, 0.5) is 0 Å². The highest BCUT2D eigenvalue weighted by Crippen LogP contribution is 2.15. The van der Waals surface area contributed by atoms with Gasteiger partial charge in [0.1, 0.15) is 6.10 Å². The molecule has 3 atom stereocenters.